The molecule has 0 fully saturated rings. The van der Waals surface area contributed by atoms with Crippen molar-refractivity contribution in [2.24, 2.45) is 0 Å². The zero-order valence-corrected chi connectivity index (χ0v) is 13.8. The fourth-order valence-corrected chi connectivity index (χ4v) is 2.61. The molecule has 0 bridgehead atoms. The second kappa shape index (κ2) is 6.68. The molecule has 2 N–H and O–H groups in total. The van der Waals surface area contributed by atoms with Crippen LogP contribution in [0.2, 0.25) is 0 Å². The summed E-state index contributed by atoms with van der Waals surface area (Å²) in [5.41, 5.74) is 2.95. The molecular formula is C19H18N4O2. The fraction of sp³-hybridized carbons (Fsp3) is 0.158. The maximum atomic E-state index is 5.40. The summed E-state index contributed by atoms with van der Waals surface area (Å²) < 4.78 is 10.7. The van der Waals surface area contributed by atoms with Gasteiger partial charge in [0.15, 0.2) is 11.5 Å². The molecule has 0 aliphatic carbocycles. The van der Waals surface area contributed by atoms with Gasteiger partial charge in [-0.3, -0.25) is 0 Å². The Morgan fingerprint density at radius 3 is 2.68 bits per heavy atom. The molecule has 6 nitrogen and oxygen atoms in total. The van der Waals surface area contributed by atoms with Crippen LogP contribution in [0.4, 0.5) is 17.5 Å². The van der Waals surface area contributed by atoms with Crippen LogP contribution in [0.1, 0.15) is 11.3 Å². The van der Waals surface area contributed by atoms with Crippen LogP contribution in [0.15, 0.2) is 54.6 Å². The smallest absolute Gasteiger partial charge is 0.231 e. The highest BCUT2D eigenvalue weighted by molar-refractivity contribution is 5.62. The Balaban J connectivity index is 1.49. The van der Waals surface area contributed by atoms with Crippen molar-refractivity contribution in [1.29, 1.82) is 0 Å². The Morgan fingerprint density at radius 1 is 0.960 bits per heavy atom. The highest BCUT2D eigenvalue weighted by Gasteiger charge is 2.13. The summed E-state index contributed by atoms with van der Waals surface area (Å²) >= 11 is 0. The zero-order valence-electron chi connectivity index (χ0n) is 13.8. The van der Waals surface area contributed by atoms with Crippen molar-refractivity contribution in [3.63, 3.8) is 0 Å². The van der Waals surface area contributed by atoms with Crippen molar-refractivity contribution in [3.05, 3.63) is 65.9 Å². The molecule has 0 amide bonds. The van der Waals surface area contributed by atoms with Gasteiger partial charge in [0, 0.05) is 30.1 Å². The van der Waals surface area contributed by atoms with Crippen molar-refractivity contribution in [1.82, 2.24) is 9.97 Å². The SMILES string of the molecule is Cc1cc(Nc2ccc3c(c2)OCO3)nc(NCc2ccccc2)n1. The molecule has 1 aromatic heterocycles. The van der Waals surface area contributed by atoms with Crippen LogP contribution in [-0.2, 0) is 6.54 Å². The number of nitrogens with one attached hydrogen (secondary N) is 2. The fourth-order valence-electron chi connectivity index (χ4n) is 2.61. The zero-order chi connectivity index (χ0) is 17.1. The van der Waals surface area contributed by atoms with Crippen molar-refractivity contribution >= 4 is 17.5 Å². The molecular weight excluding hydrogens is 316 g/mol. The average molecular weight is 334 g/mol. The van der Waals surface area contributed by atoms with Crippen molar-refractivity contribution < 1.29 is 9.47 Å². The van der Waals surface area contributed by atoms with Gasteiger partial charge in [-0.05, 0) is 24.6 Å². The minimum absolute atomic E-state index is 0.263. The van der Waals surface area contributed by atoms with Gasteiger partial charge in [0.25, 0.3) is 0 Å². The Bertz CT molecular complexity index is 884. The molecule has 3 aromatic rings. The monoisotopic (exact) mass is 334 g/mol. The summed E-state index contributed by atoms with van der Waals surface area (Å²) in [4.78, 5) is 8.97. The molecule has 2 heterocycles. The Labute approximate surface area is 145 Å². The minimum Gasteiger partial charge on any atom is -0.454 e. The second-order valence-electron chi connectivity index (χ2n) is 5.75. The van der Waals surface area contributed by atoms with Gasteiger partial charge in [0.2, 0.25) is 12.7 Å². The Morgan fingerprint density at radius 2 is 1.80 bits per heavy atom. The summed E-state index contributed by atoms with van der Waals surface area (Å²) in [5.74, 6) is 2.81. The third-order valence-corrected chi connectivity index (χ3v) is 3.79. The topological polar surface area (TPSA) is 68.3 Å². The van der Waals surface area contributed by atoms with Gasteiger partial charge in [0.05, 0.1) is 0 Å². The lowest BCUT2D eigenvalue weighted by atomic mass is 10.2. The van der Waals surface area contributed by atoms with E-state index in [4.69, 9.17) is 9.47 Å². The van der Waals surface area contributed by atoms with Crippen LogP contribution >= 0.6 is 0 Å². The number of hydrogen-bond acceptors (Lipinski definition) is 6. The standard InChI is InChI=1S/C19H18N4O2/c1-13-9-18(22-15-7-8-16-17(10-15)25-12-24-16)23-19(21-13)20-11-14-5-3-2-4-6-14/h2-10H,11-12H2,1H3,(H2,20,21,22,23). The number of hydrogen-bond donors (Lipinski definition) is 2. The maximum Gasteiger partial charge on any atom is 0.231 e. The molecule has 0 spiro atoms. The maximum absolute atomic E-state index is 5.40. The van der Waals surface area contributed by atoms with Gasteiger partial charge in [-0.2, -0.15) is 4.98 Å². The molecule has 6 heteroatoms. The lowest BCUT2D eigenvalue weighted by molar-refractivity contribution is 0.174. The Kier molecular flexibility index (Phi) is 4.08. The van der Waals surface area contributed by atoms with E-state index in [-0.39, 0.29) is 6.79 Å². The van der Waals surface area contributed by atoms with E-state index in [1.807, 2.05) is 49.4 Å². The number of fused-ring (bicyclic) bond motifs is 1. The second-order valence-corrected chi connectivity index (χ2v) is 5.75. The molecule has 2 aromatic carbocycles. The number of nitrogens with zero attached hydrogens (tertiary/aromatic N) is 2. The minimum atomic E-state index is 0.263. The van der Waals surface area contributed by atoms with Gasteiger partial charge >= 0.3 is 0 Å². The first-order chi connectivity index (χ1) is 12.3. The van der Waals surface area contributed by atoms with Gasteiger partial charge in [-0.25, -0.2) is 4.98 Å². The molecule has 1 aliphatic rings. The first-order valence-electron chi connectivity index (χ1n) is 8.06. The van der Waals surface area contributed by atoms with E-state index in [1.165, 1.54) is 5.56 Å². The van der Waals surface area contributed by atoms with E-state index in [1.54, 1.807) is 0 Å². The first-order valence-corrected chi connectivity index (χ1v) is 8.06. The molecule has 1 aliphatic heterocycles. The van der Waals surface area contributed by atoms with E-state index < -0.39 is 0 Å². The van der Waals surface area contributed by atoms with Crippen LogP contribution in [0, 0.1) is 6.92 Å². The van der Waals surface area contributed by atoms with Gasteiger partial charge < -0.3 is 20.1 Å². The molecule has 0 radical (unpaired) electrons. The third-order valence-electron chi connectivity index (χ3n) is 3.79. The third kappa shape index (κ3) is 3.63. The molecule has 25 heavy (non-hydrogen) atoms. The molecule has 126 valence electrons. The number of anilines is 3. The normalized spacial score (nSPS) is 12.0. The van der Waals surface area contributed by atoms with E-state index in [0.717, 1.165) is 28.7 Å². The van der Waals surface area contributed by atoms with E-state index in [2.05, 4.69) is 32.7 Å². The summed E-state index contributed by atoms with van der Waals surface area (Å²) in [7, 11) is 0. The predicted molar refractivity (Wildman–Crippen MR) is 96.4 cm³/mol. The van der Waals surface area contributed by atoms with Crippen LogP contribution in [0.25, 0.3) is 0 Å². The summed E-state index contributed by atoms with van der Waals surface area (Å²) in [6.07, 6.45) is 0. The van der Waals surface area contributed by atoms with E-state index in [0.29, 0.717) is 12.5 Å². The van der Waals surface area contributed by atoms with E-state index in [9.17, 15) is 0 Å². The van der Waals surface area contributed by atoms with Crippen molar-refractivity contribution in [2.45, 2.75) is 13.5 Å². The van der Waals surface area contributed by atoms with Gasteiger partial charge in [-0.1, -0.05) is 30.3 Å². The number of benzene rings is 2. The molecule has 0 saturated carbocycles. The average Bonchev–Trinajstić information content (AvgIpc) is 3.08. The molecule has 0 saturated heterocycles. The number of ether oxygens (including phenoxy) is 2. The number of aryl methyl sites for hydroxylation is 1. The molecule has 4 rings (SSSR count). The summed E-state index contributed by atoms with van der Waals surface area (Å²) in [5, 5.41) is 6.55. The lowest BCUT2D eigenvalue weighted by Crippen LogP contribution is -2.06. The van der Waals surface area contributed by atoms with Gasteiger partial charge in [0.1, 0.15) is 5.82 Å². The quantitative estimate of drug-likeness (QED) is 0.738. The van der Waals surface area contributed by atoms with Crippen LogP contribution in [0.5, 0.6) is 11.5 Å². The van der Waals surface area contributed by atoms with Crippen molar-refractivity contribution in [2.75, 3.05) is 17.4 Å². The Hall–Kier alpha value is -3.28. The highest BCUT2D eigenvalue weighted by Crippen LogP contribution is 2.35. The van der Waals surface area contributed by atoms with Crippen LogP contribution in [0.3, 0.4) is 0 Å². The number of rotatable bonds is 5. The molecule has 0 atom stereocenters. The van der Waals surface area contributed by atoms with Crippen LogP contribution < -0.4 is 20.1 Å². The molecule has 0 unspecified atom stereocenters. The first kappa shape index (κ1) is 15.3. The lowest BCUT2D eigenvalue weighted by Gasteiger charge is -2.10. The largest absolute Gasteiger partial charge is 0.454 e. The van der Waals surface area contributed by atoms with Crippen LogP contribution in [-0.4, -0.2) is 16.8 Å². The summed E-state index contributed by atoms with van der Waals surface area (Å²) in [6.45, 7) is 2.88. The predicted octanol–water partition coefficient (Wildman–Crippen LogP) is 3.87. The summed E-state index contributed by atoms with van der Waals surface area (Å²) in [6, 6.07) is 17.8. The van der Waals surface area contributed by atoms with Crippen molar-refractivity contribution in [3.8, 4) is 11.5 Å². The highest BCUT2D eigenvalue weighted by atomic mass is 16.7. The van der Waals surface area contributed by atoms with Gasteiger partial charge in [-0.15, -0.1) is 0 Å². The number of aromatic nitrogens is 2. The van der Waals surface area contributed by atoms with E-state index >= 15 is 0 Å².